The standard InChI is InChI=1S/C22H18N2O.C17H13N/c1-15(21(14-25)24-2)22(23)18-10-5-9-17(13-18)20-12-6-8-16-7-3-4-11-19(16)20;1-18-15-9-5-4-8-14(15)17-13-7-3-2-6-12(13)10-11-16(17)18/h3-14,23,25H,1-2H2;2-11H,1H3/b21-14+,23-22?;. The number of nitrogens with one attached hydrogen (secondary N) is 1. The molecule has 2 N–H and O–H groups in total. The number of para-hydroxylation sites is 1. The zero-order valence-electron chi connectivity index (χ0n) is 24.0. The minimum atomic E-state index is 0.195. The van der Waals surface area contributed by atoms with E-state index in [0.29, 0.717) is 11.1 Å². The molecule has 0 fully saturated rings. The van der Waals surface area contributed by atoms with E-state index in [1.807, 2.05) is 42.5 Å². The maximum atomic E-state index is 9.19. The molecule has 1 heterocycles. The third-order valence-corrected chi connectivity index (χ3v) is 7.96. The Bertz CT molecular complexity index is 2210. The predicted molar refractivity (Wildman–Crippen MR) is 184 cm³/mol. The molecule has 0 saturated carbocycles. The molecule has 1 aromatic heterocycles. The van der Waals surface area contributed by atoms with Crippen LogP contribution in [-0.4, -0.2) is 22.1 Å². The van der Waals surface area contributed by atoms with Crippen molar-refractivity contribution >= 4 is 55.8 Å². The highest BCUT2D eigenvalue weighted by atomic mass is 16.2. The van der Waals surface area contributed by atoms with Gasteiger partial charge in [0.05, 0.1) is 5.71 Å². The number of nitrogens with zero attached hydrogens (tertiary/aromatic N) is 2. The molecule has 0 saturated heterocycles. The SMILES string of the molecule is C=N/C(=C/O)C(=C)C(=N)c1cccc(-c2cccc3ccccc23)c1.Cn1c2ccccc2c2c3ccccc3ccc21. The number of hydrogen-bond donors (Lipinski definition) is 2. The average molecular weight is 558 g/mol. The van der Waals surface area contributed by atoms with Gasteiger partial charge in [0.25, 0.3) is 0 Å². The van der Waals surface area contributed by atoms with Gasteiger partial charge in [-0.2, -0.15) is 0 Å². The zero-order valence-corrected chi connectivity index (χ0v) is 24.0. The molecule has 4 nitrogen and oxygen atoms in total. The molecule has 0 aliphatic heterocycles. The second-order valence-corrected chi connectivity index (χ2v) is 10.4. The fraction of sp³-hybridized carbons (Fsp3) is 0.0256. The second-order valence-electron chi connectivity index (χ2n) is 10.4. The van der Waals surface area contributed by atoms with Crippen molar-refractivity contribution in [3.05, 3.63) is 157 Å². The molecule has 0 unspecified atom stereocenters. The van der Waals surface area contributed by atoms with E-state index in [2.05, 4.69) is 115 Å². The minimum absolute atomic E-state index is 0.195. The first kappa shape index (κ1) is 27.4. The average Bonchev–Trinajstić information content (AvgIpc) is 3.37. The molecule has 208 valence electrons. The first-order valence-corrected chi connectivity index (χ1v) is 14.0. The van der Waals surface area contributed by atoms with Crippen molar-refractivity contribution in [2.75, 3.05) is 0 Å². The topological polar surface area (TPSA) is 61.4 Å². The van der Waals surface area contributed by atoms with Gasteiger partial charge in [-0.25, -0.2) is 0 Å². The lowest BCUT2D eigenvalue weighted by Crippen LogP contribution is -2.04. The summed E-state index contributed by atoms with van der Waals surface area (Å²) in [6, 6.07) is 43.8. The molecular weight excluding hydrogens is 526 g/mol. The highest BCUT2D eigenvalue weighted by molar-refractivity contribution is 6.20. The third-order valence-electron chi connectivity index (χ3n) is 7.96. The van der Waals surface area contributed by atoms with Crippen LogP contribution in [-0.2, 0) is 7.05 Å². The van der Waals surface area contributed by atoms with Crippen molar-refractivity contribution in [3.63, 3.8) is 0 Å². The van der Waals surface area contributed by atoms with Gasteiger partial charge in [-0.15, -0.1) is 0 Å². The van der Waals surface area contributed by atoms with Crippen LogP contribution >= 0.6 is 0 Å². The number of aliphatic imine (C=N–C) groups is 1. The molecule has 0 aliphatic carbocycles. The van der Waals surface area contributed by atoms with E-state index in [-0.39, 0.29) is 11.4 Å². The minimum Gasteiger partial charge on any atom is -0.513 e. The highest BCUT2D eigenvalue weighted by Crippen LogP contribution is 2.34. The number of aliphatic hydroxyl groups is 1. The van der Waals surface area contributed by atoms with Gasteiger partial charge in [-0.1, -0.05) is 116 Å². The summed E-state index contributed by atoms with van der Waals surface area (Å²) in [7, 11) is 2.14. The summed E-state index contributed by atoms with van der Waals surface area (Å²) in [6.07, 6.45) is 0.818. The van der Waals surface area contributed by atoms with Crippen molar-refractivity contribution in [1.29, 1.82) is 5.41 Å². The van der Waals surface area contributed by atoms with Crippen LogP contribution in [0.15, 0.2) is 156 Å². The zero-order chi connectivity index (χ0) is 29.9. The summed E-state index contributed by atoms with van der Waals surface area (Å²) >= 11 is 0. The Kier molecular flexibility index (Phi) is 7.42. The lowest BCUT2D eigenvalue weighted by Gasteiger charge is -2.11. The monoisotopic (exact) mass is 557 g/mol. The number of rotatable bonds is 5. The molecule has 6 aromatic carbocycles. The third kappa shape index (κ3) is 5.00. The summed E-state index contributed by atoms with van der Waals surface area (Å²) < 4.78 is 2.27. The summed E-state index contributed by atoms with van der Waals surface area (Å²) in [5.74, 6) is 0. The Morgan fingerprint density at radius 2 is 1.35 bits per heavy atom. The highest BCUT2D eigenvalue weighted by Gasteiger charge is 2.12. The van der Waals surface area contributed by atoms with Gasteiger partial charge in [0, 0.05) is 40.0 Å². The normalized spacial score (nSPS) is 11.4. The van der Waals surface area contributed by atoms with Gasteiger partial charge >= 0.3 is 0 Å². The molecule has 0 spiro atoms. The quantitative estimate of drug-likeness (QED) is 0.123. The van der Waals surface area contributed by atoms with E-state index in [9.17, 15) is 5.11 Å². The summed E-state index contributed by atoms with van der Waals surface area (Å²) in [5.41, 5.74) is 6.16. The molecule has 7 rings (SSSR count). The van der Waals surface area contributed by atoms with Crippen LogP contribution in [0.25, 0.3) is 54.5 Å². The number of hydrogen-bond acceptors (Lipinski definition) is 3. The maximum absolute atomic E-state index is 9.19. The van der Waals surface area contributed by atoms with E-state index >= 15 is 0 Å². The first-order chi connectivity index (χ1) is 21.0. The van der Waals surface area contributed by atoms with Gasteiger partial charge in [-0.05, 0) is 57.6 Å². The first-order valence-electron chi connectivity index (χ1n) is 14.0. The number of aromatic nitrogens is 1. The van der Waals surface area contributed by atoms with Crippen LogP contribution in [0.2, 0.25) is 0 Å². The molecule has 4 heteroatoms. The molecule has 43 heavy (non-hydrogen) atoms. The smallest absolute Gasteiger partial charge is 0.105 e. The number of aliphatic hydroxyl groups excluding tert-OH is 1. The van der Waals surface area contributed by atoms with Gasteiger partial charge in [0.1, 0.15) is 12.0 Å². The largest absolute Gasteiger partial charge is 0.513 e. The van der Waals surface area contributed by atoms with E-state index in [1.54, 1.807) is 0 Å². The lowest BCUT2D eigenvalue weighted by molar-refractivity contribution is 0.468. The van der Waals surface area contributed by atoms with Crippen LogP contribution in [0.5, 0.6) is 0 Å². The number of benzene rings is 6. The van der Waals surface area contributed by atoms with E-state index in [4.69, 9.17) is 5.41 Å². The van der Waals surface area contributed by atoms with Gasteiger partial charge in [0.2, 0.25) is 0 Å². The van der Waals surface area contributed by atoms with Crippen LogP contribution < -0.4 is 0 Å². The predicted octanol–water partition coefficient (Wildman–Crippen LogP) is 10.0. The van der Waals surface area contributed by atoms with Crippen LogP contribution in [0.4, 0.5) is 0 Å². The van der Waals surface area contributed by atoms with Crippen molar-refractivity contribution in [1.82, 2.24) is 4.57 Å². The second kappa shape index (κ2) is 11.6. The fourth-order valence-corrected chi connectivity index (χ4v) is 5.77. The van der Waals surface area contributed by atoms with Gasteiger partial charge < -0.3 is 9.67 Å². The van der Waals surface area contributed by atoms with Crippen LogP contribution in [0.1, 0.15) is 5.56 Å². The molecule has 0 aliphatic rings. The molecule has 7 aromatic rings. The van der Waals surface area contributed by atoms with Crippen molar-refractivity contribution in [2.45, 2.75) is 0 Å². The maximum Gasteiger partial charge on any atom is 0.105 e. The Hall–Kier alpha value is -5.74. The van der Waals surface area contributed by atoms with Crippen LogP contribution in [0, 0.1) is 5.41 Å². The van der Waals surface area contributed by atoms with Crippen molar-refractivity contribution in [3.8, 4) is 11.1 Å². The van der Waals surface area contributed by atoms with E-state index < -0.39 is 0 Å². The summed E-state index contributed by atoms with van der Waals surface area (Å²) in [6.45, 7) is 7.23. The molecule has 0 amide bonds. The van der Waals surface area contributed by atoms with Gasteiger partial charge in [0.15, 0.2) is 0 Å². The summed E-state index contributed by atoms with van der Waals surface area (Å²) in [4.78, 5) is 3.70. The Morgan fingerprint density at radius 3 is 2.09 bits per heavy atom. The van der Waals surface area contributed by atoms with Crippen molar-refractivity contribution in [2.24, 2.45) is 12.0 Å². The van der Waals surface area contributed by atoms with Crippen LogP contribution in [0.3, 0.4) is 0 Å². The number of fused-ring (bicyclic) bond motifs is 6. The molecule has 0 radical (unpaired) electrons. The Morgan fingerprint density at radius 1 is 0.721 bits per heavy atom. The number of aryl methyl sites for hydroxylation is 1. The molecule has 0 bridgehead atoms. The molecule has 0 atom stereocenters. The lowest BCUT2D eigenvalue weighted by atomic mass is 9.94. The molecular formula is C39H31N3O. The van der Waals surface area contributed by atoms with E-state index in [1.165, 1.54) is 38.0 Å². The number of allylic oxidation sites excluding steroid dienone is 1. The fourth-order valence-electron chi connectivity index (χ4n) is 5.77. The van der Waals surface area contributed by atoms with E-state index in [0.717, 1.165) is 22.8 Å². The Labute approximate surface area is 250 Å². The summed E-state index contributed by atoms with van der Waals surface area (Å²) in [5, 5.41) is 25.2. The van der Waals surface area contributed by atoms with Gasteiger partial charge in [-0.3, -0.25) is 10.4 Å². The van der Waals surface area contributed by atoms with Crippen molar-refractivity contribution < 1.29 is 5.11 Å². The Balaban J connectivity index is 0.000000160.